The topological polar surface area (TPSA) is 66.8 Å². The Balaban J connectivity index is 1.88. The molecule has 0 saturated carbocycles. The largest absolute Gasteiger partial charge is 0.508 e. The summed E-state index contributed by atoms with van der Waals surface area (Å²) in [4.78, 5) is 11.6. The van der Waals surface area contributed by atoms with Crippen LogP contribution in [-0.4, -0.2) is 22.8 Å². The third-order valence-electron chi connectivity index (χ3n) is 2.65. The van der Waals surface area contributed by atoms with E-state index in [0.29, 0.717) is 11.1 Å². The van der Waals surface area contributed by atoms with Crippen LogP contribution in [0.3, 0.4) is 0 Å². The highest BCUT2D eigenvalue weighted by atomic mass is 16.5. The maximum Gasteiger partial charge on any atom is 0.338 e. The smallest absolute Gasteiger partial charge is 0.338 e. The number of phenols is 2. The summed E-state index contributed by atoms with van der Waals surface area (Å²) >= 11 is 0. The third-order valence-corrected chi connectivity index (χ3v) is 2.65. The second-order valence-corrected chi connectivity index (χ2v) is 4.11. The van der Waals surface area contributed by atoms with Crippen molar-refractivity contribution in [2.75, 3.05) is 6.61 Å². The molecule has 0 aliphatic rings. The van der Waals surface area contributed by atoms with E-state index in [4.69, 9.17) is 9.84 Å². The molecule has 2 aromatic carbocycles. The van der Waals surface area contributed by atoms with Gasteiger partial charge in [-0.2, -0.15) is 0 Å². The zero-order chi connectivity index (χ0) is 14.4. The van der Waals surface area contributed by atoms with E-state index in [1.54, 1.807) is 30.4 Å². The number of hydrogen-bond donors (Lipinski definition) is 2. The number of aromatic hydroxyl groups is 2. The maximum atomic E-state index is 11.6. The van der Waals surface area contributed by atoms with E-state index in [0.717, 1.165) is 0 Å². The molecule has 0 fully saturated rings. The Morgan fingerprint density at radius 2 is 1.75 bits per heavy atom. The van der Waals surface area contributed by atoms with Crippen LogP contribution in [0.25, 0.3) is 6.08 Å². The highest BCUT2D eigenvalue weighted by Gasteiger charge is 2.05. The lowest BCUT2D eigenvalue weighted by molar-refractivity contribution is 0.0550. The Kier molecular flexibility index (Phi) is 4.39. The first-order valence-electron chi connectivity index (χ1n) is 6.07. The normalized spacial score (nSPS) is 10.6. The van der Waals surface area contributed by atoms with Crippen LogP contribution in [0.1, 0.15) is 15.9 Å². The SMILES string of the molecule is O=C(OC/C=C/c1ccccc1O)c1ccc(O)cc1. The van der Waals surface area contributed by atoms with Crippen LogP contribution in [0, 0.1) is 0 Å². The summed E-state index contributed by atoms with van der Waals surface area (Å²) in [5.74, 6) is -0.193. The first kappa shape index (κ1) is 13.7. The number of hydrogen-bond acceptors (Lipinski definition) is 4. The molecule has 0 spiro atoms. The highest BCUT2D eigenvalue weighted by molar-refractivity contribution is 5.89. The number of phenolic OH excluding ortho intramolecular Hbond substituents is 2. The van der Waals surface area contributed by atoms with Gasteiger partial charge in [0.15, 0.2) is 0 Å². The van der Waals surface area contributed by atoms with Gasteiger partial charge in [0.05, 0.1) is 5.56 Å². The van der Waals surface area contributed by atoms with E-state index in [2.05, 4.69) is 0 Å². The molecular formula is C16H14O4. The van der Waals surface area contributed by atoms with Gasteiger partial charge in [-0.25, -0.2) is 4.79 Å². The van der Waals surface area contributed by atoms with Gasteiger partial charge in [-0.1, -0.05) is 24.3 Å². The van der Waals surface area contributed by atoms with Gasteiger partial charge in [0, 0.05) is 5.56 Å². The summed E-state index contributed by atoms with van der Waals surface area (Å²) in [6.45, 7) is 0.105. The summed E-state index contributed by atoms with van der Waals surface area (Å²) in [6, 6.07) is 12.7. The second-order valence-electron chi connectivity index (χ2n) is 4.11. The van der Waals surface area contributed by atoms with Gasteiger partial charge in [-0.15, -0.1) is 0 Å². The van der Waals surface area contributed by atoms with Crippen LogP contribution in [-0.2, 0) is 4.74 Å². The molecule has 2 rings (SSSR count). The maximum absolute atomic E-state index is 11.6. The molecule has 0 aliphatic carbocycles. The zero-order valence-corrected chi connectivity index (χ0v) is 10.7. The Morgan fingerprint density at radius 1 is 1.05 bits per heavy atom. The van der Waals surface area contributed by atoms with Crippen LogP contribution in [0.4, 0.5) is 0 Å². The molecular weight excluding hydrogens is 256 g/mol. The number of rotatable bonds is 4. The molecule has 4 heteroatoms. The van der Waals surface area contributed by atoms with E-state index in [-0.39, 0.29) is 18.1 Å². The summed E-state index contributed by atoms with van der Waals surface area (Å²) in [7, 11) is 0. The van der Waals surface area contributed by atoms with E-state index < -0.39 is 5.97 Å². The molecule has 0 atom stereocenters. The molecule has 4 nitrogen and oxygen atoms in total. The van der Waals surface area contributed by atoms with E-state index in [1.165, 1.54) is 24.3 Å². The molecule has 0 bridgehead atoms. The van der Waals surface area contributed by atoms with Gasteiger partial charge in [0.2, 0.25) is 0 Å². The molecule has 0 aromatic heterocycles. The summed E-state index contributed by atoms with van der Waals surface area (Å²) in [5.41, 5.74) is 1.03. The molecule has 0 unspecified atom stereocenters. The Bertz CT molecular complexity index is 615. The molecule has 20 heavy (non-hydrogen) atoms. The Morgan fingerprint density at radius 3 is 2.45 bits per heavy atom. The van der Waals surface area contributed by atoms with Gasteiger partial charge >= 0.3 is 5.97 Å². The molecule has 2 aromatic rings. The summed E-state index contributed by atoms with van der Waals surface area (Å²) in [6.07, 6.45) is 3.33. The summed E-state index contributed by atoms with van der Waals surface area (Å²) < 4.78 is 5.04. The van der Waals surface area contributed by atoms with Crippen LogP contribution < -0.4 is 0 Å². The number of carbonyl (C=O) groups is 1. The highest BCUT2D eigenvalue weighted by Crippen LogP contribution is 2.17. The fourth-order valence-electron chi connectivity index (χ4n) is 1.61. The lowest BCUT2D eigenvalue weighted by Gasteiger charge is -2.02. The lowest BCUT2D eigenvalue weighted by Crippen LogP contribution is -2.04. The summed E-state index contributed by atoms with van der Waals surface area (Å²) in [5, 5.41) is 18.7. The number of para-hydroxylation sites is 1. The Hall–Kier alpha value is -2.75. The fraction of sp³-hybridized carbons (Fsp3) is 0.0625. The minimum absolute atomic E-state index is 0.0981. The first-order valence-corrected chi connectivity index (χ1v) is 6.07. The van der Waals surface area contributed by atoms with Crippen molar-refractivity contribution in [2.45, 2.75) is 0 Å². The van der Waals surface area contributed by atoms with Gasteiger partial charge in [0.25, 0.3) is 0 Å². The number of benzene rings is 2. The molecule has 0 saturated heterocycles. The average molecular weight is 270 g/mol. The van der Waals surface area contributed by atoms with Gasteiger partial charge in [-0.05, 0) is 36.4 Å². The van der Waals surface area contributed by atoms with Gasteiger partial charge < -0.3 is 14.9 Å². The number of esters is 1. The standard InChI is InChI=1S/C16H14O4/c17-14-9-7-13(8-10-14)16(19)20-11-3-5-12-4-1-2-6-15(12)18/h1-10,17-18H,11H2/b5-3+. The fourth-order valence-corrected chi connectivity index (χ4v) is 1.61. The number of ether oxygens (including phenoxy) is 1. The van der Waals surface area contributed by atoms with Crippen molar-refractivity contribution in [2.24, 2.45) is 0 Å². The Labute approximate surface area is 116 Å². The average Bonchev–Trinajstić information content (AvgIpc) is 2.46. The van der Waals surface area contributed by atoms with Crippen molar-refractivity contribution >= 4 is 12.0 Å². The van der Waals surface area contributed by atoms with Crippen LogP contribution in [0.15, 0.2) is 54.6 Å². The monoisotopic (exact) mass is 270 g/mol. The molecule has 0 radical (unpaired) electrons. The van der Waals surface area contributed by atoms with Crippen LogP contribution in [0.2, 0.25) is 0 Å². The predicted molar refractivity (Wildman–Crippen MR) is 75.5 cm³/mol. The quantitative estimate of drug-likeness (QED) is 0.838. The van der Waals surface area contributed by atoms with Crippen molar-refractivity contribution in [3.8, 4) is 11.5 Å². The second kappa shape index (κ2) is 6.43. The molecule has 2 N–H and O–H groups in total. The van der Waals surface area contributed by atoms with Crippen LogP contribution in [0.5, 0.6) is 11.5 Å². The predicted octanol–water partition coefficient (Wildman–Crippen LogP) is 2.97. The van der Waals surface area contributed by atoms with Crippen molar-refractivity contribution in [1.29, 1.82) is 0 Å². The van der Waals surface area contributed by atoms with E-state index in [9.17, 15) is 9.90 Å². The minimum atomic E-state index is -0.466. The van der Waals surface area contributed by atoms with E-state index >= 15 is 0 Å². The van der Waals surface area contributed by atoms with Crippen molar-refractivity contribution in [1.82, 2.24) is 0 Å². The minimum Gasteiger partial charge on any atom is -0.508 e. The van der Waals surface area contributed by atoms with Crippen LogP contribution >= 0.6 is 0 Å². The molecule has 0 heterocycles. The molecule has 0 amide bonds. The van der Waals surface area contributed by atoms with Gasteiger partial charge in [-0.3, -0.25) is 0 Å². The lowest BCUT2D eigenvalue weighted by atomic mass is 10.2. The molecule has 0 aliphatic heterocycles. The van der Waals surface area contributed by atoms with Crippen molar-refractivity contribution in [3.63, 3.8) is 0 Å². The van der Waals surface area contributed by atoms with Crippen molar-refractivity contribution in [3.05, 3.63) is 65.7 Å². The van der Waals surface area contributed by atoms with E-state index in [1.807, 2.05) is 6.07 Å². The first-order chi connectivity index (χ1) is 9.66. The third kappa shape index (κ3) is 3.62. The number of carbonyl (C=O) groups excluding carboxylic acids is 1. The zero-order valence-electron chi connectivity index (χ0n) is 10.7. The van der Waals surface area contributed by atoms with Crippen molar-refractivity contribution < 1.29 is 19.7 Å². The molecule has 102 valence electrons. The van der Waals surface area contributed by atoms with Gasteiger partial charge in [0.1, 0.15) is 18.1 Å².